The Kier molecular flexibility index (Phi) is 15.5. The summed E-state index contributed by atoms with van der Waals surface area (Å²) < 4.78 is 0. The number of primary amides is 1. The van der Waals surface area contributed by atoms with Crippen LogP contribution in [0.15, 0.2) is 54.7 Å². The number of nitrogens with two attached hydrogens (primary N) is 1. The fraction of sp³-hybridized carbons (Fsp3) is 0.463. The van der Waals surface area contributed by atoms with Gasteiger partial charge in [-0.15, -0.1) is 0 Å². The zero-order chi connectivity index (χ0) is 44.5. The maximum atomic E-state index is 14.5. The zero-order valence-electron chi connectivity index (χ0n) is 34.1. The van der Waals surface area contributed by atoms with Gasteiger partial charge in [0.05, 0.1) is 12.7 Å². The average Bonchev–Trinajstić information content (AvgIpc) is 3.90. The number of rotatable bonds is 17. The van der Waals surface area contributed by atoms with Crippen LogP contribution in [0.25, 0.3) is 10.9 Å². The van der Waals surface area contributed by atoms with Crippen molar-refractivity contribution in [2.24, 2.45) is 5.73 Å². The third kappa shape index (κ3) is 11.0. The Balaban J connectivity index is 1.38. The molecule has 0 radical (unpaired) electrons. The summed E-state index contributed by atoms with van der Waals surface area (Å²) in [4.78, 5) is 112. The number of H-pyrrole nitrogens is 1. The second-order valence-corrected chi connectivity index (χ2v) is 15.7. The van der Waals surface area contributed by atoms with E-state index in [1.807, 2.05) is 24.3 Å². The molecule has 8 amide bonds. The van der Waals surface area contributed by atoms with E-state index in [1.54, 1.807) is 30.5 Å². The number of likely N-dealkylation sites (tertiary alicyclic amines) is 1. The van der Waals surface area contributed by atoms with Crippen molar-refractivity contribution >= 4 is 70.8 Å². The Morgan fingerprint density at radius 2 is 1.48 bits per heavy atom. The number of nitrogens with zero attached hydrogens (tertiary/aromatic N) is 2. The summed E-state index contributed by atoms with van der Waals surface area (Å²) in [7, 11) is 0. The van der Waals surface area contributed by atoms with Crippen molar-refractivity contribution in [3.63, 3.8) is 0 Å². The summed E-state index contributed by atoms with van der Waals surface area (Å²) in [6, 6.07) is 5.54. The van der Waals surface area contributed by atoms with Crippen molar-refractivity contribution in [2.45, 2.75) is 101 Å². The van der Waals surface area contributed by atoms with Gasteiger partial charge in [0.25, 0.3) is 0 Å². The molecule has 0 spiro atoms. The topological polar surface area (TPSA) is 285 Å². The van der Waals surface area contributed by atoms with Gasteiger partial charge in [0.1, 0.15) is 42.3 Å². The minimum Gasteiger partial charge on any atom is -0.394 e. The molecule has 1 aromatic heterocycles. The number of carbonyl (C=O) groups is 8. The van der Waals surface area contributed by atoms with Crippen LogP contribution in [-0.2, 0) is 57.7 Å². The van der Waals surface area contributed by atoms with E-state index in [-0.39, 0.29) is 31.0 Å². The molecular weight excluding hydrogens is 811 g/mol. The first-order valence-electron chi connectivity index (χ1n) is 19.9. The molecule has 2 aliphatic heterocycles. The molecule has 20 heteroatoms. The summed E-state index contributed by atoms with van der Waals surface area (Å²) in [5.41, 5.74) is 8.19. The van der Waals surface area contributed by atoms with Crippen LogP contribution in [0.1, 0.15) is 50.3 Å². The number of benzene rings is 2. The van der Waals surface area contributed by atoms with Crippen molar-refractivity contribution in [3.8, 4) is 0 Å². The number of hydrogen-bond acceptors (Lipinski definition) is 11. The molecule has 3 aromatic rings. The third-order valence-electron chi connectivity index (χ3n) is 11.0. The van der Waals surface area contributed by atoms with Crippen LogP contribution in [0.3, 0.4) is 0 Å². The highest BCUT2D eigenvalue weighted by atomic mass is 32.1. The van der Waals surface area contributed by atoms with Gasteiger partial charge in [-0.2, -0.15) is 12.6 Å². The van der Waals surface area contributed by atoms with Crippen LogP contribution in [0.5, 0.6) is 0 Å². The molecule has 8 atom stereocenters. The fourth-order valence-electron chi connectivity index (χ4n) is 7.59. The second kappa shape index (κ2) is 20.5. The Morgan fingerprint density at radius 3 is 2.13 bits per heavy atom. The smallest absolute Gasteiger partial charge is 0.248 e. The number of thiol groups is 1. The summed E-state index contributed by atoms with van der Waals surface area (Å²) in [5, 5.41) is 34.1. The number of aliphatic hydroxyl groups excluding tert-OH is 2. The predicted octanol–water partition coefficient (Wildman–Crippen LogP) is -2.09. The van der Waals surface area contributed by atoms with E-state index in [0.29, 0.717) is 24.9 Å². The first-order chi connectivity index (χ1) is 29.0. The van der Waals surface area contributed by atoms with Crippen LogP contribution in [0, 0.1) is 0 Å². The first kappa shape index (κ1) is 46.1. The van der Waals surface area contributed by atoms with Crippen molar-refractivity contribution in [1.29, 1.82) is 0 Å². The summed E-state index contributed by atoms with van der Waals surface area (Å²) in [5.74, 6) is -6.03. The Hall–Kier alpha value is -5.99. The number of para-hydroxylation sites is 1. The van der Waals surface area contributed by atoms with E-state index >= 15 is 0 Å². The fourth-order valence-corrected chi connectivity index (χ4v) is 7.86. The molecule has 0 saturated carbocycles. The van der Waals surface area contributed by atoms with Gasteiger partial charge in [-0.3, -0.25) is 38.4 Å². The highest BCUT2D eigenvalue weighted by Crippen LogP contribution is 2.26. The SMILES string of the molecule is CC(=O)N1CCC[C@H]1C(=O)N[C@@H](CO)C(=O)N1Cc2ccccc2C[C@H]1C(=O)N[C@@H](Cc1c[nH]c2ccccc12)C(=O)N[C@@H](C)C(=O)N[C@H](C(=O)N[C@@H](CS)C(N)=O)[C@@H](C)O. The van der Waals surface area contributed by atoms with Gasteiger partial charge in [-0.25, -0.2) is 0 Å². The lowest BCUT2D eigenvalue weighted by Gasteiger charge is -2.38. The number of fused-ring (bicyclic) bond motifs is 2. The molecule has 0 unspecified atom stereocenters. The Morgan fingerprint density at radius 1 is 0.820 bits per heavy atom. The summed E-state index contributed by atoms with van der Waals surface area (Å²) >= 11 is 3.99. The molecular formula is C41H53N9O10S. The summed E-state index contributed by atoms with van der Waals surface area (Å²) in [6.45, 7) is 3.44. The minimum absolute atomic E-state index is 0.0213. The predicted molar refractivity (Wildman–Crippen MR) is 224 cm³/mol. The molecule has 0 bridgehead atoms. The van der Waals surface area contributed by atoms with Gasteiger partial charge in [0.2, 0.25) is 47.3 Å². The maximum absolute atomic E-state index is 14.5. The lowest BCUT2D eigenvalue weighted by molar-refractivity contribution is -0.147. The number of amides is 8. The third-order valence-corrected chi connectivity index (χ3v) is 11.3. The largest absolute Gasteiger partial charge is 0.394 e. The first-order valence-corrected chi connectivity index (χ1v) is 20.6. The van der Waals surface area contributed by atoms with Crippen LogP contribution in [0.2, 0.25) is 0 Å². The van der Waals surface area contributed by atoms with Crippen LogP contribution in [0.4, 0.5) is 0 Å². The number of aromatic amines is 1. The average molecular weight is 864 g/mol. The zero-order valence-corrected chi connectivity index (χ0v) is 34.9. The molecule has 61 heavy (non-hydrogen) atoms. The van der Waals surface area contributed by atoms with Gasteiger partial charge >= 0.3 is 0 Å². The monoisotopic (exact) mass is 863 g/mol. The van der Waals surface area contributed by atoms with Crippen LogP contribution < -0.4 is 32.3 Å². The molecule has 328 valence electrons. The molecule has 2 aromatic carbocycles. The number of nitrogens with one attached hydrogen (secondary N) is 6. The van der Waals surface area contributed by atoms with Gasteiger partial charge < -0.3 is 57.3 Å². The molecule has 5 rings (SSSR count). The van der Waals surface area contributed by atoms with Crippen LogP contribution >= 0.6 is 12.6 Å². The second-order valence-electron chi connectivity index (χ2n) is 15.3. The highest BCUT2D eigenvalue weighted by molar-refractivity contribution is 7.80. The highest BCUT2D eigenvalue weighted by Gasteiger charge is 2.41. The number of carbonyl (C=O) groups excluding carboxylic acids is 8. The van der Waals surface area contributed by atoms with Crippen molar-refractivity contribution in [3.05, 3.63) is 71.4 Å². The van der Waals surface area contributed by atoms with Crippen molar-refractivity contribution in [2.75, 3.05) is 18.9 Å². The van der Waals surface area contributed by atoms with Gasteiger partial charge in [-0.1, -0.05) is 42.5 Å². The van der Waals surface area contributed by atoms with Gasteiger partial charge in [0.15, 0.2) is 0 Å². The maximum Gasteiger partial charge on any atom is 0.248 e. The standard InChI is InChI=1S/C41H53N9O10S/c1-21(36(55)48-34(22(2)52)40(59)47-31(20-61)35(42)54)44-37(56)29(15-26-17-43-28-12-7-6-11-27(26)28)45-39(58)33-16-24-9-4-5-10-25(24)18-50(33)41(60)30(19-51)46-38(57)32-13-8-14-49(32)23(3)53/h4-7,9-12,17,21-22,29-34,43,51-52,61H,8,13-16,18-20H2,1-3H3,(H2,42,54)(H,44,56)(H,45,58)(H,46,57)(H,47,59)(H,48,55)/t21-,22+,29-,30-,31-,32-,33-,34-/m0/s1. The van der Waals surface area contributed by atoms with Crippen molar-refractivity contribution in [1.82, 2.24) is 41.4 Å². The van der Waals surface area contributed by atoms with E-state index in [4.69, 9.17) is 5.73 Å². The molecule has 10 N–H and O–H groups in total. The minimum atomic E-state index is -1.55. The summed E-state index contributed by atoms with van der Waals surface area (Å²) in [6.07, 6.45) is 1.16. The van der Waals surface area contributed by atoms with E-state index in [2.05, 4.69) is 44.2 Å². The molecule has 1 saturated heterocycles. The van der Waals surface area contributed by atoms with Crippen LogP contribution in [-0.4, -0.2) is 140 Å². The van der Waals surface area contributed by atoms with Crippen molar-refractivity contribution < 1.29 is 48.6 Å². The van der Waals surface area contributed by atoms with Gasteiger partial charge in [-0.05, 0) is 49.4 Å². The number of aliphatic hydroxyl groups is 2. The lowest BCUT2D eigenvalue weighted by Crippen LogP contribution is -2.62. The number of hydrogen-bond donors (Lipinski definition) is 10. The van der Waals surface area contributed by atoms with E-state index in [1.165, 1.54) is 30.6 Å². The van der Waals surface area contributed by atoms with E-state index in [0.717, 1.165) is 22.0 Å². The Labute approximate surface area is 357 Å². The normalized spacial score (nSPS) is 19.0. The quantitative estimate of drug-likeness (QED) is 0.0661. The number of aromatic nitrogens is 1. The van der Waals surface area contributed by atoms with Gasteiger partial charge in [0, 0.05) is 55.7 Å². The lowest BCUT2D eigenvalue weighted by atomic mass is 9.92. The molecule has 2 aliphatic rings. The molecule has 19 nitrogen and oxygen atoms in total. The molecule has 0 aliphatic carbocycles. The molecule has 1 fully saturated rings. The Bertz CT molecular complexity index is 2150. The van der Waals surface area contributed by atoms with E-state index < -0.39 is 96.4 Å². The molecule has 3 heterocycles. The van der Waals surface area contributed by atoms with E-state index in [9.17, 15) is 48.6 Å².